The Hall–Kier alpha value is -1.77. The van der Waals surface area contributed by atoms with E-state index in [1.54, 1.807) is 0 Å². The highest BCUT2D eigenvalue weighted by molar-refractivity contribution is 5.85. The van der Waals surface area contributed by atoms with Gasteiger partial charge in [-0.3, -0.25) is 0 Å². The summed E-state index contributed by atoms with van der Waals surface area (Å²) in [5.41, 5.74) is 0.228. The molecule has 0 radical (unpaired) electrons. The Morgan fingerprint density at radius 1 is 1.33 bits per heavy atom. The van der Waals surface area contributed by atoms with E-state index in [-0.39, 0.29) is 5.57 Å². The lowest BCUT2D eigenvalue weighted by atomic mass is 10.2. The standard InChI is InChI=1S/C12H14O3/c1-10(12(13)14)6-5-9-15-11-7-3-2-4-8-11/h2-4,7-8H,1,5-6,9H2,(H,13,14). The number of ether oxygens (including phenoxy) is 1. The smallest absolute Gasteiger partial charge is 0.330 e. The fourth-order valence-electron chi connectivity index (χ4n) is 1.10. The maximum absolute atomic E-state index is 10.4. The minimum absolute atomic E-state index is 0.228. The monoisotopic (exact) mass is 206 g/mol. The number of rotatable bonds is 6. The van der Waals surface area contributed by atoms with Gasteiger partial charge in [0, 0.05) is 5.57 Å². The molecule has 0 heterocycles. The van der Waals surface area contributed by atoms with Crippen molar-refractivity contribution in [1.82, 2.24) is 0 Å². The highest BCUT2D eigenvalue weighted by Crippen LogP contribution is 2.10. The van der Waals surface area contributed by atoms with Gasteiger partial charge in [-0.1, -0.05) is 24.8 Å². The first kappa shape index (κ1) is 11.3. The van der Waals surface area contributed by atoms with Gasteiger partial charge in [-0.2, -0.15) is 0 Å². The van der Waals surface area contributed by atoms with Crippen LogP contribution in [0.3, 0.4) is 0 Å². The predicted molar refractivity (Wildman–Crippen MR) is 57.9 cm³/mol. The average molecular weight is 206 g/mol. The summed E-state index contributed by atoms with van der Waals surface area (Å²) >= 11 is 0. The van der Waals surface area contributed by atoms with E-state index in [4.69, 9.17) is 9.84 Å². The molecule has 0 aliphatic heterocycles. The first-order valence-electron chi connectivity index (χ1n) is 4.79. The van der Waals surface area contributed by atoms with Gasteiger partial charge >= 0.3 is 5.97 Å². The van der Waals surface area contributed by atoms with Crippen molar-refractivity contribution in [2.24, 2.45) is 0 Å². The number of benzene rings is 1. The van der Waals surface area contributed by atoms with Crippen molar-refractivity contribution < 1.29 is 14.6 Å². The van der Waals surface area contributed by atoms with Crippen LogP contribution >= 0.6 is 0 Å². The first-order chi connectivity index (χ1) is 7.20. The van der Waals surface area contributed by atoms with Gasteiger partial charge in [-0.15, -0.1) is 0 Å². The van der Waals surface area contributed by atoms with Crippen LogP contribution in [0, 0.1) is 0 Å². The molecule has 3 heteroatoms. The molecule has 0 spiro atoms. The Balaban J connectivity index is 2.18. The number of carboxylic acids is 1. The van der Waals surface area contributed by atoms with E-state index >= 15 is 0 Å². The second kappa shape index (κ2) is 5.86. The summed E-state index contributed by atoms with van der Waals surface area (Å²) in [5, 5.41) is 8.56. The first-order valence-corrected chi connectivity index (χ1v) is 4.79. The third-order valence-electron chi connectivity index (χ3n) is 1.94. The fraction of sp³-hybridized carbons (Fsp3) is 0.250. The Kier molecular flexibility index (Phi) is 4.41. The van der Waals surface area contributed by atoms with Crippen molar-refractivity contribution in [2.45, 2.75) is 12.8 Å². The Labute approximate surface area is 89.0 Å². The van der Waals surface area contributed by atoms with Gasteiger partial charge in [0.05, 0.1) is 6.61 Å². The van der Waals surface area contributed by atoms with Crippen LogP contribution in [0.25, 0.3) is 0 Å². The van der Waals surface area contributed by atoms with E-state index in [0.29, 0.717) is 19.4 Å². The van der Waals surface area contributed by atoms with Crippen LogP contribution in [-0.4, -0.2) is 17.7 Å². The molecule has 1 rings (SSSR count). The normalized spacial score (nSPS) is 9.60. The van der Waals surface area contributed by atoms with E-state index < -0.39 is 5.97 Å². The summed E-state index contributed by atoms with van der Waals surface area (Å²) in [6, 6.07) is 9.44. The molecular weight excluding hydrogens is 192 g/mol. The average Bonchev–Trinajstić information content (AvgIpc) is 2.25. The topological polar surface area (TPSA) is 46.5 Å². The Morgan fingerprint density at radius 3 is 2.60 bits per heavy atom. The van der Waals surface area contributed by atoms with Gasteiger partial charge in [0.2, 0.25) is 0 Å². The van der Waals surface area contributed by atoms with Crippen molar-refractivity contribution in [3.8, 4) is 5.75 Å². The van der Waals surface area contributed by atoms with Crippen molar-refractivity contribution in [3.05, 3.63) is 42.5 Å². The summed E-state index contributed by atoms with van der Waals surface area (Å²) in [5.74, 6) is -0.131. The zero-order valence-corrected chi connectivity index (χ0v) is 8.48. The van der Waals surface area contributed by atoms with Gasteiger partial charge < -0.3 is 9.84 Å². The largest absolute Gasteiger partial charge is 0.494 e. The minimum Gasteiger partial charge on any atom is -0.494 e. The van der Waals surface area contributed by atoms with Crippen molar-refractivity contribution >= 4 is 5.97 Å². The molecular formula is C12H14O3. The van der Waals surface area contributed by atoms with E-state index in [2.05, 4.69) is 6.58 Å². The van der Waals surface area contributed by atoms with Gasteiger partial charge in [-0.25, -0.2) is 4.79 Å². The molecule has 0 bridgehead atoms. The highest BCUT2D eigenvalue weighted by Gasteiger charge is 2.02. The molecule has 0 atom stereocenters. The summed E-state index contributed by atoms with van der Waals surface area (Å²) in [7, 11) is 0. The zero-order chi connectivity index (χ0) is 11.1. The van der Waals surface area contributed by atoms with E-state index in [9.17, 15) is 4.79 Å². The third-order valence-corrected chi connectivity index (χ3v) is 1.94. The van der Waals surface area contributed by atoms with Crippen LogP contribution in [0.1, 0.15) is 12.8 Å². The molecule has 0 aliphatic rings. The number of hydrogen-bond acceptors (Lipinski definition) is 2. The molecule has 80 valence electrons. The molecule has 0 aliphatic carbocycles. The summed E-state index contributed by atoms with van der Waals surface area (Å²) < 4.78 is 5.40. The molecule has 0 aromatic heterocycles. The molecule has 3 nitrogen and oxygen atoms in total. The highest BCUT2D eigenvalue weighted by atomic mass is 16.5. The summed E-state index contributed by atoms with van der Waals surface area (Å²) in [6.07, 6.45) is 1.13. The summed E-state index contributed by atoms with van der Waals surface area (Å²) in [6.45, 7) is 3.95. The van der Waals surface area contributed by atoms with Crippen LogP contribution in [0.5, 0.6) is 5.75 Å². The van der Waals surface area contributed by atoms with Gasteiger partial charge in [-0.05, 0) is 25.0 Å². The number of carboxylic acid groups (broad SMARTS) is 1. The number of carbonyl (C=O) groups is 1. The number of hydrogen-bond donors (Lipinski definition) is 1. The van der Waals surface area contributed by atoms with E-state index in [1.807, 2.05) is 30.3 Å². The van der Waals surface area contributed by atoms with E-state index in [0.717, 1.165) is 5.75 Å². The lowest BCUT2D eigenvalue weighted by Crippen LogP contribution is -2.02. The number of aliphatic carboxylic acids is 1. The van der Waals surface area contributed by atoms with Crippen molar-refractivity contribution in [2.75, 3.05) is 6.61 Å². The van der Waals surface area contributed by atoms with Gasteiger partial charge in [0.15, 0.2) is 0 Å². The number of para-hydroxylation sites is 1. The maximum Gasteiger partial charge on any atom is 0.330 e. The van der Waals surface area contributed by atoms with Crippen LogP contribution < -0.4 is 4.74 Å². The van der Waals surface area contributed by atoms with E-state index in [1.165, 1.54) is 0 Å². The predicted octanol–water partition coefficient (Wildman–Crippen LogP) is 2.49. The van der Waals surface area contributed by atoms with Gasteiger partial charge in [0.25, 0.3) is 0 Å². The van der Waals surface area contributed by atoms with Crippen molar-refractivity contribution in [3.63, 3.8) is 0 Å². The molecule has 0 saturated heterocycles. The fourth-order valence-corrected chi connectivity index (χ4v) is 1.10. The van der Waals surface area contributed by atoms with Crippen LogP contribution in [-0.2, 0) is 4.79 Å². The maximum atomic E-state index is 10.4. The molecule has 1 aromatic carbocycles. The second-order valence-electron chi connectivity index (χ2n) is 3.17. The van der Waals surface area contributed by atoms with Gasteiger partial charge in [0.1, 0.15) is 5.75 Å². The quantitative estimate of drug-likeness (QED) is 0.574. The molecule has 0 saturated carbocycles. The lowest BCUT2D eigenvalue weighted by Gasteiger charge is -2.05. The Bertz CT molecular complexity index is 330. The molecule has 0 fully saturated rings. The molecule has 15 heavy (non-hydrogen) atoms. The lowest BCUT2D eigenvalue weighted by molar-refractivity contribution is -0.132. The molecule has 0 unspecified atom stereocenters. The minimum atomic E-state index is -0.935. The third kappa shape index (κ3) is 4.31. The molecule has 0 amide bonds. The zero-order valence-electron chi connectivity index (χ0n) is 8.48. The molecule has 1 N–H and O–H groups in total. The second-order valence-corrected chi connectivity index (χ2v) is 3.17. The van der Waals surface area contributed by atoms with Crippen LogP contribution in [0.2, 0.25) is 0 Å². The van der Waals surface area contributed by atoms with Crippen molar-refractivity contribution in [1.29, 1.82) is 0 Å². The van der Waals surface area contributed by atoms with Crippen LogP contribution in [0.15, 0.2) is 42.5 Å². The molecule has 1 aromatic rings. The summed E-state index contributed by atoms with van der Waals surface area (Å²) in [4.78, 5) is 10.4. The SMILES string of the molecule is C=C(CCCOc1ccccc1)C(=O)O. The Morgan fingerprint density at radius 2 is 2.00 bits per heavy atom. The van der Waals surface area contributed by atoms with Crippen LogP contribution in [0.4, 0.5) is 0 Å².